The first kappa shape index (κ1) is 21.0. The van der Waals surface area contributed by atoms with Crippen LogP contribution in [0.5, 0.6) is 0 Å². The highest BCUT2D eigenvalue weighted by molar-refractivity contribution is 7.90. The average molecular weight is 456 g/mol. The topological polar surface area (TPSA) is 64.1 Å². The van der Waals surface area contributed by atoms with Crippen LogP contribution in [0.15, 0.2) is 77.7 Å². The summed E-state index contributed by atoms with van der Waals surface area (Å²) in [4.78, 5) is 18.2. The maximum absolute atomic E-state index is 13.4. The first-order valence-corrected chi connectivity index (χ1v) is 11.8. The fourth-order valence-electron chi connectivity index (χ4n) is 2.99. The summed E-state index contributed by atoms with van der Waals surface area (Å²) in [7, 11) is -3.36. The summed E-state index contributed by atoms with van der Waals surface area (Å²) in [6.07, 6.45) is 1.12. The van der Waals surface area contributed by atoms with Gasteiger partial charge in [-0.25, -0.2) is 22.2 Å². The second-order valence-corrected chi connectivity index (χ2v) is 9.85. The minimum Gasteiger partial charge on any atom is -0.286 e. The fourth-order valence-corrected chi connectivity index (χ4v) is 4.68. The Bertz CT molecular complexity index is 1360. The molecule has 156 valence electrons. The molecule has 0 atom stereocenters. The van der Waals surface area contributed by atoms with Crippen molar-refractivity contribution in [2.24, 2.45) is 0 Å². The van der Waals surface area contributed by atoms with E-state index in [4.69, 9.17) is 0 Å². The van der Waals surface area contributed by atoms with Gasteiger partial charge in [-0.15, -0.1) is 11.3 Å². The van der Waals surface area contributed by atoms with Crippen LogP contribution in [0.1, 0.15) is 15.4 Å². The largest absolute Gasteiger partial charge is 0.286 e. The zero-order valence-corrected chi connectivity index (χ0v) is 17.8. The molecule has 0 spiro atoms. The number of ketones is 1. The maximum Gasteiger partial charge on any atom is 0.221 e. The van der Waals surface area contributed by atoms with Crippen molar-refractivity contribution in [2.75, 3.05) is 6.26 Å². The van der Waals surface area contributed by atoms with E-state index in [0.717, 1.165) is 17.6 Å². The number of sulfone groups is 1. The van der Waals surface area contributed by atoms with Crippen LogP contribution < -0.4 is 0 Å². The van der Waals surface area contributed by atoms with E-state index in [-0.39, 0.29) is 15.7 Å². The number of aromatic nitrogens is 1. The molecule has 0 bridgehead atoms. The van der Waals surface area contributed by atoms with Crippen molar-refractivity contribution in [3.05, 3.63) is 95.0 Å². The van der Waals surface area contributed by atoms with E-state index in [1.807, 2.05) is 0 Å². The van der Waals surface area contributed by atoms with E-state index in [2.05, 4.69) is 4.98 Å². The van der Waals surface area contributed by atoms with E-state index in [0.29, 0.717) is 27.3 Å². The fraction of sp³-hybridized carbons (Fsp3) is 0.0435. The summed E-state index contributed by atoms with van der Waals surface area (Å²) >= 11 is 1.14. The summed E-state index contributed by atoms with van der Waals surface area (Å²) in [5.41, 5.74) is 2.04. The molecule has 0 aliphatic heterocycles. The molecule has 0 saturated heterocycles. The van der Waals surface area contributed by atoms with Gasteiger partial charge in [0.05, 0.1) is 15.5 Å². The van der Waals surface area contributed by atoms with E-state index < -0.39 is 21.5 Å². The van der Waals surface area contributed by atoms with E-state index >= 15 is 0 Å². The zero-order chi connectivity index (χ0) is 22.2. The van der Waals surface area contributed by atoms with Crippen LogP contribution in [0.4, 0.5) is 8.78 Å². The second-order valence-electron chi connectivity index (χ2n) is 6.84. The lowest BCUT2D eigenvalue weighted by Crippen LogP contribution is -2.00. The summed E-state index contributed by atoms with van der Waals surface area (Å²) < 4.78 is 50.1. The molecule has 0 aliphatic carbocycles. The Hall–Kier alpha value is -3.23. The Labute approximate surface area is 181 Å². The Kier molecular flexibility index (Phi) is 5.51. The lowest BCUT2D eigenvalue weighted by molar-refractivity contribution is 0.103. The number of halogens is 2. The van der Waals surface area contributed by atoms with Gasteiger partial charge in [-0.1, -0.05) is 24.3 Å². The smallest absolute Gasteiger partial charge is 0.221 e. The van der Waals surface area contributed by atoms with Crippen molar-refractivity contribution in [1.82, 2.24) is 4.98 Å². The van der Waals surface area contributed by atoms with Gasteiger partial charge in [-0.3, -0.25) is 4.79 Å². The number of thiazole rings is 1. The van der Waals surface area contributed by atoms with Crippen molar-refractivity contribution in [2.45, 2.75) is 4.90 Å². The van der Waals surface area contributed by atoms with Crippen LogP contribution in [-0.4, -0.2) is 25.4 Å². The normalized spacial score (nSPS) is 11.5. The van der Waals surface area contributed by atoms with Crippen LogP contribution >= 0.6 is 11.3 Å². The molecule has 31 heavy (non-hydrogen) atoms. The highest BCUT2D eigenvalue weighted by Gasteiger charge is 2.21. The molecule has 4 aromatic rings. The molecular formula is C23H15F2NO3S2. The van der Waals surface area contributed by atoms with Crippen LogP contribution in [0.2, 0.25) is 0 Å². The van der Waals surface area contributed by atoms with Crippen molar-refractivity contribution in [1.29, 1.82) is 0 Å². The quantitative estimate of drug-likeness (QED) is 0.379. The maximum atomic E-state index is 13.4. The molecule has 0 amide bonds. The van der Waals surface area contributed by atoms with Crippen molar-refractivity contribution >= 4 is 27.0 Å². The van der Waals surface area contributed by atoms with Gasteiger partial charge in [0.25, 0.3) is 0 Å². The number of carbonyl (C=O) groups excluding carboxylic acids is 1. The van der Waals surface area contributed by atoms with Gasteiger partial charge in [-0.2, -0.15) is 0 Å². The number of rotatable bonds is 5. The van der Waals surface area contributed by atoms with Crippen molar-refractivity contribution in [3.8, 4) is 21.7 Å². The van der Waals surface area contributed by atoms with Gasteiger partial charge in [0, 0.05) is 17.4 Å². The van der Waals surface area contributed by atoms with Gasteiger partial charge < -0.3 is 0 Å². The molecular weight excluding hydrogens is 440 g/mol. The minimum absolute atomic E-state index is 0.164. The summed E-state index contributed by atoms with van der Waals surface area (Å²) in [5, 5.41) is 0.188. The molecule has 3 aromatic carbocycles. The Morgan fingerprint density at radius 3 is 1.87 bits per heavy atom. The lowest BCUT2D eigenvalue weighted by Gasteiger charge is -2.04. The van der Waals surface area contributed by atoms with Crippen LogP contribution in [0.3, 0.4) is 0 Å². The number of hydrogen-bond donors (Lipinski definition) is 0. The van der Waals surface area contributed by atoms with Crippen molar-refractivity contribution < 1.29 is 22.0 Å². The molecule has 0 N–H and O–H groups in total. The molecule has 0 radical (unpaired) electrons. The Balaban J connectivity index is 1.83. The second kappa shape index (κ2) is 8.13. The number of benzene rings is 3. The molecule has 1 heterocycles. The van der Waals surface area contributed by atoms with Gasteiger partial charge in [0.15, 0.2) is 14.8 Å². The highest BCUT2D eigenvalue weighted by Crippen LogP contribution is 2.38. The van der Waals surface area contributed by atoms with Crippen LogP contribution in [0.25, 0.3) is 21.7 Å². The number of nitrogens with zero attached hydrogens (tertiary/aromatic N) is 1. The SMILES string of the molecule is CS(=O)(=O)c1ccc(-c2nc(C(=O)c3ccc(F)cc3)sc2-c2ccc(F)cc2)cc1. The minimum atomic E-state index is -3.36. The zero-order valence-electron chi connectivity index (χ0n) is 16.2. The monoisotopic (exact) mass is 455 g/mol. The molecule has 0 aliphatic rings. The van der Waals surface area contributed by atoms with Gasteiger partial charge in [-0.05, 0) is 54.1 Å². The molecule has 8 heteroatoms. The first-order valence-electron chi connectivity index (χ1n) is 9.10. The summed E-state index contributed by atoms with van der Waals surface area (Å²) in [6.45, 7) is 0. The third-order valence-electron chi connectivity index (χ3n) is 4.59. The predicted molar refractivity (Wildman–Crippen MR) is 116 cm³/mol. The van der Waals surface area contributed by atoms with E-state index in [9.17, 15) is 22.0 Å². The Morgan fingerprint density at radius 1 is 0.806 bits per heavy atom. The first-order chi connectivity index (χ1) is 14.7. The average Bonchev–Trinajstić information content (AvgIpc) is 3.19. The van der Waals surface area contributed by atoms with Gasteiger partial charge in [0.1, 0.15) is 11.6 Å². The van der Waals surface area contributed by atoms with Gasteiger partial charge in [0.2, 0.25) is 5.78 Å². The molecule has 0 saturated carbocycles. The number of hydrogen-bond acceptors (Lipinski definition) is 5. The van der Waals surface area contributed by atoms with E-state index in [1.165, 1.54) is 48.5 Å². The van der Waals surface area contributed by atoms with Crippen molar-refractivity contribution in [3.63, 3.8) is 0 Å². The number of carbonyl (C=O) groups is 1. The summed E-state index contributed by atoms with van der Waals surface area (Å²) in [6, 6.07) is 17.1. The molecule has 1 aromatic heterocycles. The summed E-state index contributed by atoms with van der Waals surface area (Å²) in [5.74, 6) is -1.21. The highest BCUT2D eigenvalue weighted by atomic mass is 32.2. The van der Waals surface area contributed by atoms with Crippen LogP contribution in [0, 0.1) is 11.6 Å². The third-order valence-corrected chi connectivity index (χ3v) is 6.82. The molecule has 4 nitrogen and oxygen atoms in total. The molecule has 0 unspecified atom stereocenters. The van der Waals surface area contributed by atoms with Crippen LogP contribution in [-0.2, 0) is 9.84 Å². The standard InChI is InChI=1S/C23H15F2NO3S2/c1-31(28,29)19-12-6-14(7-13-19)20-22(16-4-10-18(25)11-5-16)30-23(26-20)21(27)15-2-8-17(24)9-3-15/h2-13H,1H3. The molecule has 4 rings (SSSR count). The van der Waals surface area contributed by atoms with Gasteiger partial charge >= 0.3 is 0 Å². The molecule has 0 fully saturated rings. The van der Waals surface area contributed by atoms with E-state index in [1.54, 1.807) is 24.3 Å². The predicted octanol–water partition coefficient (Wildman–Crippen LogP) is 5.39. The Morgan fingerprint density at radius 2 is 1.32 bits per heavy atom. The third kappa shape index (κ3) is 4.45. The lowest BCUT2D eigenvalue weighted by atomic mass is 10.1.